The first-order chi connectivity index (χ1) is 6.27. The Morgan fingerprint density at radius 3 is 2.77 bits per heavy atom. The van der Waals surface area contributed by atoms with Gasteiger partial charge in [0.25, 0.3) is 0 Å². The van der Waals surface area contributed by atoms with Gasteiger partial charge in [-0.2, -0.15) is 0 Å². The molecule has 3 heteroatoms. The maximum atomic E-state index is 5.98. The molecule has 0 aliphatic rings. The second-order valence-corrected chi connectivity index (χ2v) is 3.21. The number of hydrogen-bond donors (Lipinski definition) is 2. The summed E-state index contributed by atoms with van der Waals surface area (Å²) in [6.45, 7) is 3.67. The van der Waals surface area contributed by atoms with Crippen LogP contribution >= 0.6 is 11.6 Å². The minimum absolute atomic E-state index is 0.0694. The minimum atomic E-state index is 0.0694. The van der Waals surface area contributed by atoms with Crippen molar-refractivity contribution in [3.63, 3.8) is 0 Å². The van der Waals surface area contributed by atoms with Crippen molar-refractivity contribution in [1.29, 1.82) is 0 Å². The summed E-state index contributed by atoms with van der Waals surface area (Å²) >= 11 is 5.98. The van der Waals surface area contributed by atoms with E-state index in [1.165, 1.54) is 0 Å². The molecule has 3 N–H and O–H groups in total. The zero-order chi connectivity index (χ0) is 9.68. The summed E-state index contributed by atoms with van der Waals surface area (Å²) in [6.07, 6.45) is 2.53. The van der Waals surface area contributed by atoms with E-state index in [1.807, 2.05) is 24.3 Å². The second-order valence-electron chi connectivity index (χ2n) is 2.80. The average Bonchev–Trinajstić information content (AvgIpc) is 2.17. The van der Waals surface area contributed by atoms with Crippen molar-refractivity contribution in [3.05, 3.63) is 47.5 Å². The summed E-state index contributed by atoms with van der Waals surface area (Å²) in [7, 11) is 0. The molecule has 0 radical (unpaired) electrons. The standard InChI is InChI=1S/C10H13ClN2/c1-2-9(13-12)7-8-5-3-4-6-10(8)11/h2-6,9,13H,1,7,12H2. The SMILES string of the molecule is C=CC(Cc1ccccc1Cl)NN. The lowest BCUT2D eigenvalue weighted by atomic mass is 10.1. The third-order valence-corrected chi connectivity index (χ3v) is 2.26. The summed E-state index contributed by atoms with van der Waals surface area (Å²) in [6, 6.07) is 7.78. The van der Waals surface area contributed by atoms with E-state index in [9.17, 15) is 0 Å². The first-order valence-corrected chi connectivity index (χ1v) is 4.48. The highest BCUT2D eigenvalue weighted by Crippen LogP contribution is 2.16. The number of benzene rings is 1. The highest BCUT2D eigenvalue weighted by Gasteiger charge is 2.05. The summed E-state index contributed by atoms with van der Waals surface area (Å²) < 4.78 is 0. The van der Waals surface area contributed by atoms with Crippen LogP contribution in [0.3, 0.4) is 0 Å². The van der Waals surface area contributed by atoms with Crippen molar-refractivity contribution in [2.45, 2.75) is 12.5 Å². The Balaban J connectivity index is 2.73. The topological polar surface area (TPSA) is 38.0 Å². The van der Waals surface area contributed by atoms with Crippen LogP contribution in [0.1, 0.15) is 5.56 Å². The van der Waals surface area contributed by atoms with E-state index in [4.69, 9.17) is 17.4 Å². The fourth-order valence-electron chi connectivity index (χ4n) is 1.11. The molecule has 13 heavy (non-hydrogen) atoms. The molecule has 0 bridgehead atoms. The molecular weight excluding hydrogens is 184 g/mol. The van der Waals surface area contributed by atoms with E-state index in [-0.39, 0.29) is 6.04 Å². The molecule has 1 atom stereocenters. The molecule has 70 valence electrons. The van der Waals surface area contributed by atoms with Gasteiger partial charge in [0.05, 0.1) is 0 Å². The normalized spacial score (nSPS) is 12.5. The Hall–Kier alpha value is -0.830. The number of hydrazine groups is 1. The molecule has 0 aliphatic heterocycles. The molecular formula is C10H13ClN2. The Morgan fingerprint density at radius 2 is 2.23 bits per heavy atom. The molecule has 1 unspecified atom stereocenters. The van der Waals surface area contributed by atoms with Crippen molar-refractivity contribution >= 4 is 11.6 Å². The monoisotopic (exact) mass is 196 g/mol. The Labute approximate surface area is 83.4 Å². The van der Waals surface area contributed by atoms with Crippen molar-refractivity contribution in [2.75, 3.05) is 0 Å². The van der Waals surface area contributed by atoms with Gasteiger partial charge in [-0.25, -0.2) is 0 Å². The van der Waals surface area contributed by atoms with Crippen LogP contribution in [0.15, 0.2) is 36.9 Å². The van der Waals surface area contributed by atoms with E-state index < -0.39 is 0 Å². The average molecular weight is 197 g/mol. The molecule has 1 aromatic rings. The molecule has 0 saturated carbocycles. The van der Waals surface area contributed by atoms with Crippen LogP contribution in [-0.4, -0.2) is 6.04 Å². The smallest absolute Gasteiger partial charge is 0.0438 e. The van der Waals surface area contributed by atoms with Gasteiger partial charge in [0.15, 0.2) is 0 Å². The Morgan fingerprint density at radius 1 is 1.54 bits per heavy atom. The van der Waals surface area contributed by atoms with E-state index in [0.29, 0.717) is 0 Å². The lowest BCUT2D eigenvalue weighted by molar-refractivity contribution is 0.618. The van der Waals surface area contributed by atoms with Crippen LogP contribution in [0.2, 0.25) is 5.02 Å². The number of halogens is 1. The molecule has 1 rings (SSSR count). The van der Waals surface area contributed by atoms with Crippen LogP contribution in [0.4, 0.5) is 0 Å². The zero-order valence-electron chi connectivity index (χ0n) is 7.33. The molecule has 0 amide bonds. The van der Waals surface area contributed by atoms with E-state index in [2.05, 4.69) is 12.0 Å². The van der Waals surface area contributed by atoms with Crippen LogP contribution in [-0.2, 0) is 6.42 Å². The molecule has 2 nitrogen and oxygen atoms in total. The molecule has 0 spiro atoms. The van der Waals surface area contributed by atoms with Gasteiger partial charge in [-0.3, -0.25) is 11.3 Å². The number of nitrogens with one attached hydrogen (secondary N) is 1. The van der Waals surface area contributed by atoms with E-state index in [1.54, 1.807) is 6.08 Å². The Bertz CT molecular complexity index is 286. The van der Waals surface area contributed by atoms with Crippen LogP contribution < -0.4 is 11.3 Å². The fourth-order valence-corrected chi connectivity index (χ4v) is 1.32. The highest BCUT2D eigenvalue weighted by atomic mass is 35.5. The lowest BCUT2D eigenvalue weighted by Crippen LogP contribution is -2.34. The van der Waals surface area contributed by atoms with E-state index in [0.717, 1.165) is 17.0 Å². The summed E-state index contributed by atoms with van der Waals surface area (Å²) in [5.74, 6) is 5.32. The van der Waals surface area contributed by atoms with Gasteiger partial charge in [-0.15, -0.1) is 6.58 Å². The molecule has 0 heterocycles. The molecule has 0 aromatic heterocycles. The maximum Gasteiger partial charge on any atom is 0.0438 e. The second kappa shape index (κ2) is 5.02. The van der Waals surface area contributed by atoms with Crippen molar-refractivity contribution in [3.8, 4) is 0 Å². The van der Waals surface area contributed by atoms with Crippen LogP contribution in [0.25, 0.3) is 0 Å². The quantitative estimate of drug-likeness (QED) is 0.439. The minimum Gasteiger partial charge on any atom is -0.271 e. The van der Waals surface area contributed by atoms with Crippen molar-refractivity contribution in [1.82, 2.24) is 5.43 Å². The predicted molar refractivity (Wildman–Crippen MR) is 56.5 cm³/mol. The summed E-state index contributed by atoms with van der Waals surface area (Å²) in [5.41, 5.74) is 3.73. The number of nitrogens with two attached hydrogens (primary N) is 1. The van der Waals surface area contributed by atoms with Gasteiger partial charge in [0, 0.05) is 11.1 Å². The van der Waals surface area contributed by atoms with Gasteiger partial charge in [0.1, 0.15) is 0 Å². The Kier molecular flexibility index (Phi) is 3.96. The van der Waals surface area contributed by atoms with Crippen molar-refractivity contribution in [2.24, 2.45) is 5.84 Å². The lowest BCUT2D eigenvalue weighted by Gasteiger charge is -2.11. The first-order valence-electron chi connectivity index (χ1n) is 4.10. The van der Waals surface area contributed by atoms with Crippen LogP contribution in [0.5, 0.6) is 0 Å². The molecule has 0 aliphatic carbocycles. The van der Waals surface area contributed by atoms with Gasteiger partial charge in [-0.05, 0) is 18.1 Å². The van der Waals surface area contributed by atoms with Gasteiger partial charge in [-0.1, -0.05) is 35.9 Å². The maximum absolute atomic E-state index is 5.98. The zero-order valence-corrected chi connectivity index (χ0v) is 8.09. The van der Waals surface area contributed by atoms with Gasteiger partial charge in [0.2, 0.25) is 0 Å². The third-order valence-electron chi connectivity index (χ3n) is 1.90. The molecule has 0 saturated heterocycles. The summed E-state index contributed by atoms with van der Waals surface area (Å²) in [4.78, 5) is 0. The summed E-state index contributed by atoms with van der Waals surface area (Å²) in [5, 5.41) is 0.768. The molecule has 0 fully saturated rings. The highest BCUT2D eigenvalue weighted by molar-refractivity contribution is 6.31. The van der Waals surface area contributed by atoms with Crippen LogP contribution in [0, 0.1) is 0 Å². The predicted octanol–water partition coefficient (Wildman–Crippen LogP) is 1.90. The number of hydrogen-bond acceptors (Lipinski definition) is 2. The largest absolute Gasteiger partial charge is 0.271 e. The van der Waals surface area contributed by atoms with Crippen molar-refractivity contribution < 1.29 is 0 Å². The van der Waals surface area contributed by atoms with Gasteiger partial charge >= 0.3 is 0 Å². The first kappa shape index (κ1) is 10.3. The third kappa shape index (κ3) is 2.84. The van der Waals surface area contributed by atoms with E-state index >= 15 is 0 Å². The number of rotatable bonds is 4. The van der Waals surface area contributed by atoms with Gasteiger partial charge < -0.3 is 0 Å². The molecule has 1 aromatic carbocycles. The fraction of sp³-hybridized carbons (Fsp3) is 0.200.